The van der Waals surface area contributed by atoms with Gasteiger partial charge in [0.15, 0.2) is 5.69 Å². The van der Waals surface area contributed by atoms with Gasteiger partial charge in [0.2, 0.25) is 0 Å². The number of carboxylic acid groups (broad SMARTS) is 1. The smallest absolute Gasteiger partial charge is 0.358 e. The fourth-order valence-electron chi connectivity index (χ4n) is 1.98. The quantitative estimate of drug-likeness (QED) is 0.725. The molecule has 0 radical (unpaired) electrons. The van der Waals surface area contributed by atoms with E-state index in [2.05, 4.69) is 26.2 Å². The van der Waals surface area contributed by atoms with Gasteiger partial charge in [0, 0.05) is 15.9 Å². The zero-order valence-corrected chi connectivity index (χ0v) is 12.1. The molecule has 2 aromatic heterocycles. The molecule has 1 aromatic carbocycles. The Hall–Kier alpha value is -2.48. The number of hydrogen-bond acceptors (Lipinski definition) is 5. The van der Waals surface area contributed by atoms with E-state index in [0.717, 1.165) is 9.86 Å². The van der Waals surface area contributed by atoms with Crippen LogP contribution in [-0.4, -0.2) is 26.1 Å². The Labute approximate surface area is 125 Å². The number of fused-ring (bicyclic) bond motifs is 1. The van der Waals surface area contributed by atoms with E-state index < -0.39 is 11.6 Å². The third kappa shape index (κ3) is 2.70. The molecule has 106 valence electrons. The molecule has 7 nitrogen and oxygen atoms in total. The molecule has 3 aromatic rings. The van der Waals surface area contributed by atoms with Gasteiger partial charge >= 0.3 is 11.6 Å². The molecule has 0 spiro atoms. The zero-order chi connectivity index (χ0) is 15.0. The summed E-state index contributed by atoms with van der Waals surface area (Å²) in [6, 6.07) is 6.70. The van der Waals surface area contributed by atoms with Crippen LogP contribution in [0.25, 0.3) is 11.0 Å². The Morgan fingerprint density at radius 2 is 2.19 bits per heavy atom. The lowest BCUT2D eigenvalue weighted by Crippen LogP contribution is -2.06. The van der Waals surface area contributed by atoms with Crippen molar-refractivity contribution in [3.8, 4) is 0 Å². The molecular formula is C13H8BrN3O4. The third-order valence-electron chi connectivity index (χ3n) is 2.88. The van der Waals surface area contributed by atoms with Crippen molar-refractivity contribution in [2.75, 3.05) is 0 Å². The van der Waals surface area contributed by atoms with Crippen molar-refractivity contribution in [2.24, 2.45) is 0 Å². The first-order valence-electron chi connectivity index (χ1n) is 5.88. The summed E-state index contributed by atoms with van der Waals surface area (Å²) in [6.45, 7) is 0.226. The van der Waals surface area contributed by atoms with Crippen LogP contribution in [-0.2, 0) is 6.54 Å². The number of nitrogens with zero attached hydrogens (tertiary/aromatic N) is 3. The summed E-state index contributed by atoms with van der Waals surface area (Å²) in [5.41, 5.74) is 0.500. The summed E-state index contributed by atoms with van der Waals surface area (Å²) in [5, 5.41) is 16.8. The van der Waals surface area contributed by atoms with Crippen LogP contribution in [0.15, 0.2) is 44.1 Å². The molecule has 2 heterocycles. The van der Waals surface area contributed by atoms with Gasteiger partial charge < -0.3 is 9.52 Å². The van der Waals surface area contributed by atoms with Crippen LogP contribution in [0.2, 0.25) is 0 Å². The van der Waals surface area contributed by atoms with Crippen LogP contribution in [0.4, 0.5) is 0 Å². The van der Waals surface area contributed by atoms with Crippen molar-refractivity contribution in [3.63, 3.8) is 0 Å². The average molecular weight is 350 g/mol. The van der Waals surface area contributed by atoms with E-state index in [0.29, 0.717) is 11.1 Å². The van der Waals surface area contributed by atoms with Crippen LogP contribution in [0.5, 0.6) is 0 Å². The van der Waals surface area contributed by atoms with E-state index in [1.165, 1.54) is 16.9 Å². The summed E-state index contributed by atoms with van der Waals surface area (Å²) >= 11 is 3.31. The van der Waals surface area contributed by atoms with Crippen molar-refractivity contribution in [3.05, 3.63) is 56.6 Å². The van der Waals surface area contributed by atoms with Gasteiger partial charge in [-0.15, -0.1) is 5.10 Å². The van der Waals surface area contributed by atoms with Gasteiger partial charge in [0.25, 0.3) is 0 Å². The van der Waals surface area contributed by atoms with Crippen molar-refractivity contribution < 1.29 is 14.3 Å². The Bertz CT molecular complexity index is 900. The molecule has 0 amide bonds. The fraction of sp³-hybridized carbons (Fsp3) is 0.0769. The second-order valence-corrected chi connectivity index (χ2v) is 5.25. The number of benzene rings is 1. The zero-order valence-electron chi connectivity index (χ0n) is 10.5. The SMILES string of the molecule is O=C(O)c1cn(Cc2cc(=O)oc3cc(Br)ccc23)nn1. The first kappa shape index (κ1) is 13.5. The Morgan fingerprint density at radius 1 is 1.38 bits per heavy atom. The molecule has 1 N–H and O–H groups in total. The number of halogens is 1. The average Bonchev–Trinajstić information content (AvgIpc) is 2.86. The van der Waals surface area contributed by atoms with Gasteiger partial charge in [0.1, 0.15) is 5.58 Å². The van der Waals surface area contributed by atoms with E-state index >= 15 is 0 Å². The predicted octanol–water partition coefficient (Wildman–Crippen LogP) is 1.89. The van der Waals surface area contributed by atoms with Crippen molar-refractivity contribution in [2.45, 2.75) is 6.54 Å². The monoisotopic (exact) mass is 349 g/mol. The highest BCUT2D eigenvalue weighted by Crippen LogP contribution is 2.22. The Kier molecular flexibility index (Phi) is 3.30. The van der Waals surface area contributed by atoms with Crippen LogP contribution in [0, 0.1) is 0 Å². The molecule has 0 atom stereocenters. The topological polar surface area (TPSA) is 98.2 Å². The maximum atomic E-state index is 11.6. The summed E-state index contributed by atoms with van der Waals surface area (Å²) < 4.78 is 7.30. The molecule has 21 heavy (non-hydrogen) atoms. The van der Waals surface area contributed by atoms with E-state index in [1.807, 2.05) is 12.1 Å². The van der Waals surface area contributed by atoms with Crippen molar-refractivity contribution >= 4 is 32.9 Å². The first-order chi connectivity index (χ1) is 10.0. The lowest BCUT2D eigenvalue weighted by molar-refractivity contribution is 0.0690. The lowest BCUT2D eigenvalue weighted by atomic mass is 10.1. The molecule has 0 saturated carbocycles. The number of carbonyl (C=O) groups is 1. The number of carboxylic acids is 1. The second kappa shape index (κ2) is 5.13. The summed E-state index contributed by atoms with van der Waals surface area (Å²) in [4.78, 5) is 22.4. The van der Waals surface area contributed by atoms with Crippen LogP contribution < -0.4 is 5.63 Å². The molecule has 0 aliphatic rings. The van der Waals surface area contributed by atoms with Gasteiger partial charge in [-0.3, -0.25) is 0 Å². The third-order valence-corrected chi connectivity index (χ3v) is 3.38. The van der Waals surface area contributed by atoms with Gasteiger partial charge in [-0.2, -0.15) is 0 Å². The summed E-state index contributed by atoms with van der Waals surface area (Å²) in [5.74, 6) is -1.15. The van der Waals surface area contributed by atoms with Gasteiger partial charge in [-0.05, 0) is 23.8 Å². The van der Waals surface area contributed by atoms with Gasteiger partial charge in [-0.25, -0.2) is 14.3 Å². The van der Waals surface area contributed by atoms with E-state index in [9.17, 15) is 9.59 Å². The highest BCUT2D eigenvalue weighted by Gasteiger charge is 2.11. The fourth-order valence-corrected chi connectivity index (χ4v) is 2.32. The van der Waals surface area contributed by atoms with E-state index in [-0.39, 0.29) is 12.2 Å². The molecule has 3 rings (SSSR count). The molecule has 0 fully saturated rings. The Balaban J connectivity index is 2.07. The molecule has 0 bridgehead atoms. The minimum Gasteiger partial charge on any atom is -0.476 e. The maximum absolute atomic E-state index is 11.6. The van der Waals surface area contributed by atoms with Gasteiger partial charge in [-0.1, -0.05) is 21.1 Å². The van der Waals surface area contributed by atoms with Crippen LogP contribution in [0.3, 0.4) is 0 Å². The number of hydrogen-bond donors (Lipinski definition) is 1. The Morgan fingerprint density at radius 3 is 2.90 bits per heavy atom. The molecule has 8 heteroatoms. The van der Waals surface area contributed by atoms with E-state index in [4.69, 9.17) is 9.52 Å². The highest BCUT2D eigenvalue weighted by atomic mass is 79.9. The minimum absolute atomic E-state index is 0.148. The number of rotatable bonds is 3. The van der Waals surface area contributed by atoms with Crippen molar-refractivity contribution in [1.29, 1.82) is 0 Å². The molecular weight excluding hydrogens is 342 g/mol. The first-order valence-corrected chi connectivity index (χ1v) is 6.68. The largest absolute Gasteiger partial charge is 0.476 e. The van der Waals surface area contributed by atoms with Crippen LogP contribution in [0.1, 0.15) is 16.1 Å². The number of aromatic carboxylic acids is 1. The lowest BCUT2D eigenvalue weighted by Gasteiger charge is -2.05. The van der Waals surface area contributed by atoms with Crippen LogP contribution >= 0.6 is 15.9 Å². The minimum atomic E-state index is -1.15. The normalized spacial score (nSPS) is 10.9. The molecule has 0 unspecified atom stereocenters. The number of aromatic nitrogens is 3. The molecule has 0 aliphatic carbocycles. The molecule has 0 aliphatic heterocycles. The van der Waals surface area contributed by atoms with E-state index in [1.54, 1.807) is 6.07 Å². The molecule has 0 saturated heterocycles. The summed E-state index contributed by atoms with van der Waals surface area (Å²) in [6.07, 6.45) is 1.31. The second-order valence-electron chi connectivity index (χ2n) is 4.34. The van der Waals surface area contributed by atoms with Gasteiger partial charge in [0.05, 0.1) is 12.7 Å². The standard InChI is InChI=1S/C13H8BrN3O4/c14-8-1-2-9-7(3-12(18)21-11(9)4-8)5-17-6-10(13(19)20)15-16-17/h1-4,6H,5H2,(H,19,20). The highest BCUT2D eigenvalue weighted by molar-refractivity contribution is 9.10. The maximum Gasteiger partial charge on any atom is 0.358 e. The van der Waals surface area contributed by atoms with Crippen molar-refractivity contribution in [1.82, 2.24) is 15.0 Å². The predicted molar refractivity (Wildman–Crippen MR) is 76.3 cm³/mol. The summed E-state index contributed by atoms with van der Waals surface area (Å²) in [7, 11) is 0.